The fourth-order valence-electron chi connectivity index (χ4n) is 2.33. The Balaban J connectivity index is 2.13. The Bertz CT molecular complexity index is 723. The fraction of sp³-hybridized carbons (Fsp3) is 0.250. The number of hydrogen-bond acceptors (Lipinski definition) is 2. The number of terminal acetylenes is 1. The average molecular weight is 305 g/mol. The van der Waals surface area contributed by atoms with E-state index < -0.39 is 0 Å². The van der Waals surface area contributed by atoms with Crippen LogP contribution in [0.5, 0.6) is 0 Å². The van der Waals surface area contributed by atoms with E-state index in [-0.39, 0.29) is 0 Å². The molecule has 0 saturated heterocycles. The van der Waals surface area contributed by atoms with Crippen LogP contribution in [0.3, 0.4) is 0 Å². The molecule has 1 aromatic carbocycles. The molecule has 0 amide bonds. The minimum Gasteiger partial charge on any atom is -0.372 e. The molecule has 3 nitrogen and oxygen atoms in total. The number of nitrogens with zero attached hydrogens (tertiary/aromatic N) is 3. The van der Waals surface area contributed by atoms with Crippen molar-refractivity contribution in [1.29, 1.82) is 0 Å². The van der Waals surface area contributed by atoms with Gasteiger partial charge in [-0.25, -0.2) is 4.98 Å². The van der Waals surface area contributed by atoms with E-state index in [4.69, 9.17) is 6.42 Å². The summed E-state index contributed by atoms with van der Waals surface area (Å²) in [7, 11) is 0. The maximum atomic E-state index is 5.31. The largest absolute Gasteiger partial charge is 0.372 e. The summed E-state index contributed by atoms with van der Waals surface area (Å²) in [5.74, 6) is 2.59. The molecule has 1 aromatic heterocycles. The second kappa shape index (κ2) is 8.05. The molecule has 3 heteroatoms. The van der Waals surface area contributed by atoms with Crippen LogP contribution in [0.2, 0.25) is 0 Å². The molecular weight excluding hydrogens is 282 g/mol. The van der Waals surface area contributed by atoms with Crippen molar-refractivity contribution < 1.29 is 0 Å². The first-order chi connectivity index (χ1) is 11.2. The van der Waals surface area contributed by atoms with Crippen molar-refractivity contribution in [3.05, 3.63) is 60.2 Å². The molecule has 0 aliphatic heterocycles. The number of benzene rings is 1. The van der Waals surface area contributed by atoms with Crippen LogP contribution in [0.15, 0.2) is 54.5 Å². The van der Waals surface area contributed by atoms with Crippen molar-refractivity contribution in [3.63, 3.8) is 0 Å². The van der Waals surface area contributed by atoms with Gasteiger partial charge >= 0.3 is 0 Å². The van der Waals surface area contributed by atoms with Gasteiger partial charge in [0.25, 0.3) is 0 Å². The molecule has 0 saturated carbocycles. The zero-order valence-electron chi connectivity index (χ0n) is 14.0. The summed E-state index contributed by atoms with van der Waals surface area (Å²) >= 11 is 0. The third kappa shape index (κ3) is 4.37. The smallest absolute Gasteiger partial charge is 0.0999 e. The zero-order chi connectivity index (χ0) is 16.7. The van der Waals surface area contributed by atoms with Crippen LogP contribution in [0.4, 0.5) is 5.69 Å². The van der Waals surface area contributed by atoms with E-state index in [2.05, 4.69) is 53.9 Å². The summed E-state index contributed by atoms with van der Waals surface area (Å²) in [6.45, 7) is 8.27. The first-order valence-electron chi connectivity index (χ1n) is 7.88. The molecule has 0 fully saturated rings. The Kier molecular flexibility index (Phi) is 5.82. The van der Waals surface area contributed by atoms with Crippen molar-refractivity contribution in [1.82, 2.24) is 9.55 Å². The van der Waals surface area contributed by atoms with E-state index in [1.165, 1.54) is 5.69 Å². The molecule has 23 heavy (non-hydrogen) atoms. The number of hydrogen-bond donors (Lipinski definition) is 0. The lowest BCUT2D eigenvalue weighted by atomic mass is 10.2. The Labute approximate surface area is 139 Å². The van der Waals surface area contributed by atoms with Crippen LogP contribution in [0.1, 0.15) is 26.5 Å². The maximum absolute atomic E-state index is 5.31. The normalized spacial score (nSPS) is 11.7. The van der Waals surface area contributed by atoms with Gasteiger partial charge in [-0.1, -0.05) is 18.1 Å². The topological polar surface area (TPSA) is 21.1 Å². The monoisotopic (exact) mass is 305 g/mol. The summed E-state index contributed by atoms with van der Waals surface area (Å²) < 4.78 is 2.02. The van der Waals surface area contributed by atoms with Crippen LogP contribution in [-0.4, -0.2) is 22.6 Å². The minimum atomic E-state index is 0.896. The van der Waals surface area contributed by atoms with E-state index in [1.807, 2.05) is 42.2 Å². The quantitative estimate of drug-likeness (QED) is 0.585. The number of rotatable bonds is 6. The van der Waals surface area contributed by atoms with Crippen LogP contribution in [0.25, 0.3) is 11.8 Å². The lowest BCUT2D eigenvalue weighted by Crippen LogP contribution is -2.21. The maximum Gasteiger partial charge on any atom is 0.0999 e. The molecule has 0 radical (unpaired) electrons. The summed E-state index contributed by atoms with van der Waals surface area (Å²) in [5.41, 5.74) is 4.14. The molecule has 1 heterocycles. The molecule has 0 aliphatic carbocycles. The van der Waals surface area contributed by atoms with Crippen LogP contribution in [0, 0.1) is 12.3 Å². The van der Waals surface area contributed by atoms with Gasteiger partial charge in [0.05, 0.1) is 12.0 Å². The highest BCUT2D eigenvalue weighted by Crippen LogP contribution is 2.17. The zero-order valence-corrected chi connectivity index (χ0v) is 14.0. The number of aromatic nitrogens is 2. The summed E-state index contributed by atoms with van der Waals surface area (Å²) in [6, 6.07) is 8.53. The van der Waals surface area contributed by atoms with Crippen LogP contribution < -0.4 is 4.90 Å². The minimum absolute atomic E-state index is 0.896. The van der Waals surface area contributed by atoms with Gasteiger partial charge in [-0.2, -0.15) is 0 Å². The standard InChI is InChI=1S/C20H23N3/c1-5-17(4)9-8-10-18-15-23(16-21-18)20-13-11-19(12-14-20)22(6-2)7-3/h1,8-16H,6-7H2,2-4H3/b10-8-,17-9+. The molecular formula is C20H23N3. The van der Waals surface area contributed by atoms with Gasteiger partial charge in [-0.05, 0) is 56.7 Å². The Morgan fingerprint density at radius 2 is 1.96 bits per heavy atom. The van der Waals surface area contributed by atoms with Gasteiger partial charge < -0.3 is 9.47 Å². The molecule has 2 aromatic rings. The molecule has 0 unspecified atom stereocenters. The van der Waals surface area contributed by atoms with Crippen molar-refractivity contribution in [2.45, 2.75) is 20.8 Å². The molecule has 2 rings (SSSR count). The predicted molar refractivity (Wildman–Crippen MR) is 98.7 cm³/mol. The Morgan fingerprint density at radius 3 is 2.57 bits per heavy atom. The van der Waals surface area contributed by atoms with Gasteiger partial charge in [0, 0.05) is 30.7 Å². The van der Waals surface area contributed by atoms with E-state index in [1.54, 1.807) is 0 Å². The number of anilines is 1. The lowest BCUT2D eigenvalue weighted by molar-refractivity contribution is 0.865. The van der Waals surface area contributed by atoms with Crippen molar-refractivity contribution >= 4 is 11.8 Å². The van der Waals surface area contributed by atoms with E-state index in [0.717, 1.165) is 30.0 Å². The van der Waals surface area contributed by atoms with Crippen molar-refractivity contribution in [2.75, 3.05) is 18.0 Å². The molecule has 0 N–H and O–H groups in total. The Morgan fingerprint density at radius 1 is 1.26 bits per heavy atom. The van der Waals surface area contributed by atoms with Gasteiger partial charge in [0.15, 0.2) is 0 Å². The van der Waals surface area contributed by atoms with Crippen LogP contribution in [-0.2, 0) is 0 Å². The van der Waals surface area contributed by atoms with Gasteiger partial charge in [-0.3, -0.25) is 0 Å². The van der Waals surface area contributed by atoms with Gasteiger partial charge in [-0.15, -0.1) is 6.42 Å². The summed E-state index contributed by atoms with van der Waals surface area (Å²) in [6.07, 6.45) is 14.9. The summed E-state index contributed by atoms with van der Waals surface area (Å²) in [4.78, 5) is 6.72. The van der Waals surface area contributed by atoms with Crippen LogP contribution >= 0.6 is 0 Å². The molecule has 0 aliphatic rings. The molecule has 0 atom stereocenters. The number of allylic oxidation sites excluding steroid dienone is 3. The lowest BCUT2D eigenvalue weighted by Gasteiger charge is -2.21. The first kappa shape index (κ1) is 16.6. The van der Waals surface area contributed by atoms with Crippen molar-refractivity contribution in [3.8, 4) is 18.0 Å². The second-order valence-electron chi connectivity index (χ2n) is 5.25. The SMILES string of the molecule is C#C/C(C)=C/C=C\c1cn(-c2ccc(N(CC)CC)cc2)cn1. The highest BCUT2D eigenvalue weighted by Gasteiger charge is 2.03. The molecule has 0 bridgehead atoms. The number of imidazole rings is 1. The summed E-state index contributed by atoms with van der Waals surface area (Å²) in [5, 5.41) is 0. The van der Waals surface area contributed by atoms with Crippen molar-refractivity contribution in [2.24, 2.45) is 0 Å². The average Bonchev–Trinajstić information content (AvgIpc) is 3.05. The third-order valence-corrected chi connectivity index (χ3v) is 3.72. The Hall–Kier alpha value is -2.73. The molecule has 118 valence electrons. The first-order valence-corrected chi connectivity index (χ1v) is 7.88. The van der Waals surface area contributed by atoms with Gasteiger partial charge in [0.1, 0.15) is 0 Å². The van der Waals surface area contributed by atoms with E-state index >= 15 is 0 Å². The predicted octanol–water partition coefficient (Wildman–Crippen LogP) is 4.31. The van der Waals surface area contributed by atoms with Gasteiger partial charge in [0.2, 0.25) is 0 Å². The highest BCUT2D eigenvalue weighted by atomic mass is 15.1. The fourth-order valence-corrected chi connectivity index (χ4v) is 2.33. The third-order valence-electron chi connectivity index (χ3n) is 3.72. The highest BCUT2D eigenvalue weighted by molar-refractivity contribution is 5.52. The second-order valence-corrected chi connectivity index (χ2v) is 5.25. The van der Waals surface area contributed by atoms with E-state index in [9.17, 15) is 0 Å². The van der Waals surface area contributed by atoms with E-state index in [0.29, 0.717) is 0 Å². The molecule has 0 spiro atoms.